The van der Waals surface area contributed by atoms with Gasteiger partial charge >= 0.3 is 0 Å². The standard InChI is InChI=1S/C15H18N2O3S/c1-9(11-5-3-7-19-11)16-14(18)13-10(2)20-15(17-13)12-6-4-8-21-12/h4,6,8-9,11H,3,5,7H2,1-2H3,(H,16,18). The number of nitrogens with zero attached hydrogens (tertiary/aromatic N) is 1. The molecule has 0 bridgehead atoms. The van der Waals surface area contributed by atoms with Crippen LogP contribution in [0, 0.1) is 6.92 Å². The zero-order valence-electron chi connectivity index (χ0n) is 12.1. The minimum atomic E-state index is -0.206. The maximum atomic E-state index is 12.3. The Morgan fingerprint density at radius 3 is 3.10 bits per heavy atom. The molecule has 5 nitrogen and oxygen atoms in total. The molecule has 6 heteroatoms. The molecule has 1 aliphatic rings. The summed E-state index contributed by atoms with van der Waals surface area (Å²) < 4.78 is 11.2. The van der Waals surface area contributed by atoms with E-state index >= 15 is 0 Å². The first-order valence-electron chi connectivity index (χ1n) is 7.09. The lowest BCUT2D eigenvalue weighted by Crippen LogP contribution is -2.41. The Balaban J connectivity index is 1.72. The molecule has 112 valence electrons. The predicted octanol–water partition coefficient (Wildman–Crippen LogP) is 3.01. The van der Waals surface area contributed by atoms with Crippen LogP contribution in [0.15, 0.2) is 21.9 Å². The van der Waals surface area contributed by atoms with E-state index in [1.807, 2.05) is 24.4 Å². The molecule has 3 heterocycles. The molecule has 21 heavy (non-hydrogen) atoms. The monoisotopic (exact) mass is 306 g/mol. The number of ether oxygens (including phenoxy) is 1. The quantitative estimate of drug-likeness (QED) is 0.943. The minimum Gasteiger partial charge on any atom is -0.440 e. The fraction of sp³-hybridized carbons (Fsp3) is 0.467. The van der Waals surface area contributed by atoms with Gasteiger partial charge in [-0.3, -0.25) is 4.79 Å². The summed E-state index contributed by atoms with van der Waals surface area (Å²) in [7, 11) is 0. The molecule has 0 saturated carbocycles. The molecule has 2 unspecified atom stereocenters. The van der Waals surface area contributed by atoms with E-state index in [4.69, 9.17) is 9.15 Å². The number of nitrogens with one attached hydrogen (secondary N) is 1. The summed E-state index contributed by atoms with van der Waals surface area (Å²) in [5, 5.41) is 4.91. The van der Waals surface area contributed by atoms with Gasteiger partial charge in [-0.05, 0) is 38.1 Å². The Bertz CT molecular complexity index is 615. The third-order valence-corrected chi connectivity index (χ3v) is 4.48. The van der Waals surface area contributed by atoms with Gasteiger partial charge in [-0.25, -0.2) is 4.98 Å². The molecule has 0 spiro atoms. The number of carbonyl (C=O) groups excluding carboxylic acids is 1. The van der Waals surface area contributed by atoms with Crippen LogP contribution in [0.1, 0.15) is 36.0 Å². The first-order chi connectivity index (χ1) is 10.1. The Kier molecular flexibility index (Phi) is 4.07. The Hall–Kier alpha value is -1.66. The number of hydrogen-bond donors (Lipinski definition) is 1. The third-order valence-electron chi connectivity index (χ3n) is 3.62. The van der Waals surface area contributed by atoms with Gasteiger partial charge in [0, 0.05) is 6.61 Å². The number of oxazole rings is 1. The van der Waals surface area contributed by atoms with Crippen molar-refractivity contribution in [2.45, 2.75) is 38.8 Å². The van der Waals surface area contributed by atoms with E-state index in [0.29, 0.717) is 17.3 Å². The summed E-state index contributed by atoms with van der Waals surface area (Å²) in [4.78, 5) is 17.6. The van der Waals surface area contributed by atoms with Crippen molar-refractivity contribution in [2.24, 2.45) is 0 Å². The molecule has 1 amide bonds. The highest BCUT2D eigenvalue weighted by molar-refractivity contribution is 7.13. The van der Waals surface area contributed by atoms with Crippen molar-refractivity contribution >= 4 is 17.2 Å². The second kappa shape index (κ2) is 5.99. The minimum absolute atomic E-state index is 0.0266. The van der Waals surface area contributed by atoms with Gasteiger partial charge in [0.2, 0.25) is 5.89 Å². The predicted molar refractivity (Wildman–Crippen MR) is 80.5 cm³/mol. The van der Waals surface area contributed by atoms with E-state index in [-0.39, 0.29) is 18.1 Å². The number of rotatable bonds is 4. The molecule has 1 fully saturated rings. The van der Waals surface area contributed by atoms with Crippen molar-refractivity contribution in [2.75, 3.05) is 6.61 Å². The maximum absolute atomic E-state index is 12.3. The van der Waals surface area contributed by atoms with Crippen molar-refractivity contribution < 1.29 is 13.9 Å². The van der Waals surface area contributed by atoms with E-state index in [9.17, 15) is 4.79 Å². The van der Waals surface area contributed by atoms with Crippen LogP contribution in [0.5, 0.6) is 0 Å². The van der Waals surface area contributed by atoms with Gasteiger partial charge in [-0.15, -0.1) is 11.3 Å². The van der Waals surface area contributed by atoms with Gasteiger partial charge < -0.3 is 14.5 Å². The largest absolute Gasteiger partial charge is 0.440 e. The van der Waals surface area contributed by atoms with Crippen molar-refractivity contribution in [3.63, 3.8) is 0 Å². The zero-order chi connectivity index (χ0) is 14.8. The highest BCUT2D eigenvalue weighted by Gasteiger charge is 2.26. The van der Waals surface area contributed by atoms with Crippen LogP contribution >= 0.6 is 11.3 Å². The normalized spacial score (nSPS) is 19.6. The first kappa shape index (κ1) is 14.3. The lowest BCUT2D eigenvalue weighted by Gasteiger charge is -2.19. The van der Waals surface area contributed by atoms with E-state index < -0.39 is 0 Å². The second-order valence-corrected chi connectivity index (χ2v) is 6.16. The van der Waals surface area contributed by atoms with E-state index in [1.165, 1.54) is 11.3 Å². The lowest BCUT2D eigenvalue weighted by atomic mass is 10.1. The van der Waals surface area contributed by atoms with Crippen LogP contribution < -0.4 is 5.32 Å². The Morgan fingerprint density at radius 2 is 2.43 bits per heavy atom. The van der Waals surface area contributed by atoms with Gasteiger partial charge in [0.15, 0.2) is 5.69 Å². The highest BCUT2D eigenvalue weighted by atomic mass is 32.1. The number of thiophene rings is 1. The maximum Gasteiger partial charge on any atom is 0.273 e. The van der Waals surface area contributed by atoms with E-state index in [0.717, 1.165) is 24.3 Å². The summed E-state index contributed by atoms with van der Waals surface area (Å²) in [6.45, 7) is 4.50. The van der Waals surface area contributed by atoms with E-state index in [1.54, 1.807) is 6.92 Å². The summed E-state index contributed by atoms with van der Waals surface area (Å²) in [5.41, 5.74) is 0.350. The molecule has 2 atom stereocenters. The van der Waals surface area contributed by atoms with Crippen LogP contribution in [0.2, 0.25) is 0 Å². The van der Waals surface area contributed by atoms with Crippen molar-refractivity contribution in [1.82, 2.24) is 10.3 Å². The van der Waals surface area contributed by atoms with Gasteiger partial charge in [-0.1, -0.05) is 6.07 Å². The molecule has 1 saturated heterocycles. The molecule has 1 aliphatic heterocycles. The summed E-state index contributed by atoms with van der Waals surface area (Å²) in [6.07, 6.45) is 2.13. The summed E-state index contributed by atoms with van der Waals surface area (Å²) in [5.74, 6) is 0.829. The zero-order valence-corrected chi connectivity index (χ0v) is 12.9. The third kappa shape index (κ3) is 3.01. The smallest absolute Gasteiger partial charge is 0.273 e. The van der Waals surface area contributed by atoms with Crippen LogP contribution in [0.25, 0.3) is 10.8 Å². The van der Waals surface area contributed by atoms with E-state index in [2.05, 4.69) is 10.3 Å². The second-order valence-electron chi connectivity index (χ2n) is 5.21. The van der Waals surface area contributed by atoms with Crippen LogP contribution in [-0.2, 0) is 4.74 Å². The van der Waals surface area contributed by atoms with Crippen LogP contribution in [-0.4, -0.2) is 29.6 Å². The number of carbonyl (C=O) groups is 1. The lowest BCUT2D eigenvalue weighted by molar-refractivity contribution is 0.0709. The fourth-order valence-electron chi connectivity index (χ4n) is 2.48. The average molecular weight is 306 g/mol. The Morgan fingerprint density at radius 1 is 1.57 bits per heavy atom. The molecule has 3 rings (SSSR count). The highest BCUT2D eigenvalue weighted by Crippen LogP contribution is 2.26. The van der Waals surface area contributed by atoms with Crippen molar-refractivity contribution in [3.05, 3.63) is 29.0 Å². The number of amides is 1. The van der Waals surface area contributed by atoms with Crippen molar-refractivity contribution in [3.8, 4) is 10.8 Å². The molecule has 0 radical (unpaired) electrons. The van der Waals surface area contributed by atoms with Crippen LogP contribution in [0.4, 0.5) is 0 Å². The average Bonchev–Trinajstić information content (AvgIpc) is 3.20. The molecular weight excluding hydrogens is 288 g/mol. The topological polar surface area (TPSA) is 64.4 Å². The molecule has 0 aromatic carbocycles. The molecule has 0 aliphatic carbocycles. The molecule has 2 aromatic rings. The van der Waals surface area contributed by atoms with Crippen LogP contribution in [0.3, 0.4) is 0 Å². The summed E-state index contributed by atoms with van der Waals surface area (Å²) in [6, 6.07) is 3.83. The first-order valence-corrected chi connectivity index (χ1v) is 7.97. The molecule has 2 aromatic heterocycles. The number of aryl methyl sites for hydroxylation is 1. The van der Waals surface area contributed by atoms with Gasteiger partial charge in [-0.2, -0.15) is 0 Å². The van der Waals surface area contributed by atoms with Gasteiger partial charge in [0.1, 0.15) is 5.76 Å². The number of aromatic nitrogens is 1. The fourth-order valence-corrected chi connectivity index (χ4v) is 3.13. The number of hydrogen-bond acceptors (Lipinski definition) is 5. The van der Waals surface area contributed by atoms with Gasteiger partial charge in [0.25, 0.3) is 5.91 Å². The molecular formula is C15H18N2O3S. The molecule has 1 N–H and O–H groups in total. The SMILES string of the molecule is Cc1oc(-c2cccs2)nc1C(=O)NC(C)C1CCCO1. The van der Waals surface area contributed by atoms with Gasteiger partial charge in [0.05, 0.1) is 17.0 Å². The summed E-state index contributed by atoms with van der Waals surface area (Å²) >= 11 is 1.54. The van der Waals surface area contributed by atoms with Crippen molar-refractivity contribution in [1.29, 1.82) is 0 Å². The Labute approximate surface area is 127 Å².